The number of thioether (sulfide) groups is 4. The van der Waals surface area contributed by atoms with Crippen LogP contribution in [0.15, 0.2) is 10.8 Å². The average Bonchev–Trinajstić information content (AvgIpc) is 2.21. The summed E-state index contributed by atoms with van der Waals surface area (Å²) >= 11 is 7.89. The summed E-state index contributed by atoms with van der Waals surface area (Å²) in [6.07, 6.45) is 0. The van der Waals surface area contributed by atoms with Crippen molar-refractivity contribution in [3.8, 4) is 0 Å². The SMILES string of the molecule is CCSCCSC=CSCCSCC. The van der Waals surface area contributed by atoms with Gasteiger partial charge in [0.1, 0.15) is 0 Å². The van der Waals surface area contributed by atoms with Crippen LogP contribution in [0.25, 0.3) is 0 Å². The Bertz CT molecular complexity index is 111. The number of rotatable bonds is 10. The first kappa shape index (κ1) is 15.1. The van der Waals surface area contributed by atoms with Crippen molar-refractivity contribution in [2.45, 2.75) is 13.8 Å². The molecule has 0 spiro atoms. The maximum atomic E-state index is 2.23. The quantitative estimate of drug-likeness (QED) is 0.537. The van der Waals surface area contributed by atoms with Crippen LogP contribution in [0.1, 0.15) is 13.8 Å². The Morgan fingerprint density at radius 1 is 0.714 bits per heavy atom. The Kier molecular flexibility index (Phi) is 15.3. The lowest BCUT2D eigenvalue weighted by Crippen LogP contribution is -1.82. The summed E-state index contributed by atoms with van der Waals surface area (Å²) in [7, 11) is 0. The van der Waals surface area contributed by atoms with Gasteiger partial charge in [-0.15, -0.1) is 23.5 Å². The van der Waals surface area contributed by atoms with Crippen molar-refractivity contribution in [2.24, 2.45) is 0 Å². The summed E-state index contributed by atoms with van der Waals surface area (Å²) in [6.45, 7) is 4.43. The van der Waals surface area contributed by atoms with E-state index in [0.717, 1.165) is 0 Å². The molecular weight excluding hydrogens is 248 g/mol. The fraction of sp³-hybridized carbons (Fsp3) is 0.800. The second kappa shape index (κ2) is 14.1. The zero-order chi connectivity index (χ0) is 10.5. The predicted octanol–water partition coefficient (Wildman–Crippen LogP) is 4.43. The molecule has 14 heavy (non-hydrogen) atoms. The van der Waals surface area contributed by atoms with Gasteiger partial charge in [0.25, 0.3) is 0 Å². The van der Waals surface area contributed by atoms with Crippen LogP contribution in [-0.2, 0) is 0 Å². The van der Waals surface area contributed by atoms with E-state index < -0.39 is 0 Å². The molecule has 0 aliphatic heterocycles. The molecule has 0 unspecified atom stereocenters. The van der Waals surface area contributed by atoms with Gasteiger partial charge in [0.05, 0.1) is 0 Å². The van der Waals surface area contributed by atoms with E-state index in [-0.39, 0.29) is 0 Å². The van der Waals surface area contributed by atoms with E-state index in [9.17, 15) is 0 Å². The Labute approximate surface area is 106 Å². The average molecular weight is 269 g/mol. The second-order valence-electron chi connectivity index (χ2n) is 2.41. The molecule has 0 aliphatic carbocycles. The molecule has 0 nitrogen and oxygen atoms in total. The van der Waals surface area contributed by atoms with Crippen molar-refractivity contribution >= 4 is 47.0 Å². The zero-order valence-electron chi connectivity index (χ0n) is 9.03. The first-order chi connectivity index (χ1) is 6.91. The number of hydrogen-bond donors (Lipinski definition) is 0. The van der Waals surface area contributed by atoms with Crippen LogP contribution < -0.4 is 0 Å². The molecule has 0 aromatic heterocycles. The van der Waals surface area contributed by atoms with E-state index in [0.29, 0.717) is 0 Å². The van der Waals surface area contributed by atoms with Crippen molar-refractivity contribution in [2.75, 3.05) is 34.5 Å². The van der Waals surface area contributed by atoms with Crippen molar-refractivity contribution in [1.29, 1.82) is 0 Å². The molecule has 0 amide bonds. The highest BCUT2D eigenvalue weighted by Crippen LogP contribution is 2.12. The molecule has 0 aromatic rings. The molecule has 0 bridgehead atoms. The minimum Gasteiger partial charge on any atom is -0.161 e. The van der Waals surface area contributed by atoms with E-state index in [1.54, 1.807) is 0 Å². The van der Waals surface area contributed by atoms with Crippen LogP contribution in [-0.4, -0.2) is 34.5 Å². The van der Waals surface area contributed by atoms with Gasteiger partial charge in [-0.3, -0.25) is 0 Å². The summed E-state index contributed by atoms with van der Waals surface area (Å²) in [6, 6.07) is 0. The zero-order valence-corrected chi connectivity index (χ0v) is 12.3. The normalized spacial score (nSPS) is 11.3. The van der Waals surface area contributed by atoms with E-state index in [2.05, 4.69) is 24.7 Å². The summed E-state index contributed by atoms with van der Waals surface area (Å²) in [4.78, 5) is 0. The molecule has 0 aromatic carbocycles. The molecule has 0 rings (SSSR count). The Hall–Kier alpha value is 1.14. The minimum absolute atomic E-state index is 1.24. The van der Waals surface area contributed by atoms with Crippen LogP contribution in [0, 0.1) is 0 Å². The van der Waals surface area contributed by atoms with Crippen LogP contribution in [0.4, 0.5) is 0 Å². The molecule has 0 saturated heterocycles. The first-order valence-corrected chi connectivity index (χ1v) is 9.36. The third-order valence-electron chi connectivity index (χ3n) is 1.35. The van der Waals surface area contributed by atoms with Crippen molar-refractivity contribution in [3.05, 3.63) is 10.8 Å². The summed E-state index contributed by atoms with van der Waals surface area (Å²) in [5, 5.41) is 4.47. The highest BCUT2D eigenvalue weighted by atomic mass is 32.2. The van der Waals surface area contributed by atoms with Gasteiger partial charge < -0.3 is 0 Å². The summed E-state index contributed by atoms with van der Waals surface area (Å²) in [5.41, 5.74) is 0. The van der Waals surface area contributed by atoms with E-state index >= 15 is 0 Å². The molecule has 0 saturated carbocycles. The standard InChI is InChI=1S/C10H20S4/c1-3-11-5-7-13-9-10-14-8-6-12-4-2/h9-10H,3-8H2,1-2H3. The summed E-state index contributed by atoms with van der Waals surface area (Å²) in [5.74, 6) is 7.54. The van der Waals surface area contributed by atoms with Gasteiger partial charge in [-0.25, -0.2) is 0 Å². The van der Waals surface area contributed by atoms with Crippen LogP contribution >= 0.6 is 47.0 Å². The molecule has 0 atom stereocenters. The predicted molar refractivity (Wildman–Crippen MR) is 80.1 cm³/mol. The van der Waals surface area contributed by atoms with Gasteiger partial charge in [-0.1, -0.05) is 13.8 Å². The second-order valence-corrected chi connectivity index (χ2v) is 7.22. The fourth-order valence-electron chi connectivity index (χ4n) is 0.717. The Morgan fingerprint density at radius 3 is 1.50 bits per heavy atom. The molecule has 0 fully saturated rings. The van der Waals surface area contributed by atoms with Crippen molar-refractivity contribution < 1.29 is 0 Å². The minimum atomic E-state index is 1.24. The maximum absolute atomic E-state index is 2.23. The highest BCUT2D eigenvalue weighted by molar-refractivity contribution is 8.07. The van der Waals surface area contributed by atoms with Crippen LogP contribution in [0.3, 0.4) is 0 Å². The van der Waals surface area contributed by atoms with E-state index in [1.807, 2.05) is 47.0 Å². The van der Waals surface area contributed by atoms with Crippen molar-refractivity contribution in [3.63, 3.8) is 0 Å². The molecular formula is C10H20S4. The number of hydrogen-bond acceptors (Lipinski definition) is 4. The molecule has 0 N–H and O–H groups in total. The molecule has 84 valence electrons. The molecule has 4 heteroatoms. The van der Waals surface area contributed by atoms with Gasteiger partial charge in [-0.05, 0) is 22.3 Å². The van der Waals surface area contributed by atoms with Crippen LogP contribution in [0.5, 0.6) is 0 Å². The maximum Gasteiger partial charge on any atom is 0.00652 e. The largest absolute Gasteiger partial charge is 0.161 e. The topological polar surface area (TPSA) is 0 Å². The summed E-state index contributed by atoms with van der Waals surface area (Å²) < 4.78 is 0. The van der Waals surface area contributed by atoms with E-state index in [1.165, 1.54) is 34.5 Å². The molecule has 0 aliphatic rings. The smallest absolute Gasteiger partial charge is 0.00652 e. The van der Waals surface area contributed by atoms with Crippen LogP contribution in [0.2, 0.25) is 0 Å². The monoisotopic (exact) mass is 268 g/mol. The third kappa shape index (κ3) is 13.1. The van der Waals surface area contributed by atoms with Gasteiger partial charge in [0, 0.05) is 23.0 Å². The lowest BCUT2D eigenvalue weighted by molar-refractivity contribution is 1.48. The van der Waals surface area contributed by atoms with Gasteiger partial charge in [0.15, 0.2) is 0 Å². The highest BCUT2D eigenvalue weighted by Gasteiger charge is 1.86. The lowest BCUT2D eigenvalue weighted by Gasteiger charge is -1.95. The fourth-order valence-corrected chi connectivity index (χ4v) is 3.91. The van der Waals surface area contributed by atoms with Gasteiger partial charge in [0.2, 0.25) is 0 Å². The Balaban J connectivity index is 2.96. The molecule has 0 heterocycles. The van der Waals surface area contributed by atoms with Gasteiger partial charge in [-0.2, -0.15) is 23.5 Å². The van der Waals surface area contributed by atoms with Gasteiger partial charge >= 0.3 is 0 Å². The first-order valence-electron chi connectivity index (χ1n) is 4.95. The van der Waals surface area contributed by atoms with Crippen molar-refractivity contribution in [1.82, 2.24) is 0 Å². The Morgan fingerprint density at radius 2 is 1.14 bits per heavy atom. The lowest BCUT2D eigenvalue weighted by atomic mass is 10.9. The van der Waals surface area contributed by atoms with E-state index in [4.69, 9.17) is 0 Å². The molecule has 0 radical (unpaired) electrons. The third-order valence-corrected chi connectivity index (χ3v) is 5.38.